The zero-order chi connectivity index (χ0) is 8.39. The quantitative estimate of drug-likeness (QED) is 0.720. The summed E-state index contributed by atoms with van der Waals surface area (Å²) >= 11 is 5.56. The van der Waals surface area contributed by atoms with Gasteiger partial charge in [-0.15, -0.1) is 10.2 Å². The third kappa shape index (κ3) is 2.08. The van der Waals surface area contributed by atoms with Crippen molar-refractivity contribution in [3.63, 3.8) is 0 Å². The van der Waals surface area contributed by atoms with Gasteiger partial charge < -0.3 is 4.74 Å². The minimum atomic E-state index is 0.397. The lowest BCUT2D eigenvalue weighted by molar-refractivity contribution is 0.285. The van der Waals surface area contributed by atoms with Crippen LogP contribution in [0.15, 0.2) is 12.1 Å². The van der Waals surface area contributed by atoms with Crippen molar-refractivity contribution < 1.29 is 4.74 Å². The van der Waals surface area contributed by atoms with Gasteiger partial charge in [0.25, 0.3) is 0 Å². The lowest BCUT2D eigenvalue weighted by Crippen LogP contribution is -2.01. The van der Waals surface area contributed by atoms with Crippen molar-refractivity contribution in [2.24, 2.45) is 5.92 Å². The van der Waals surface area contributed by atoms with Gasteiger partial charge in [0.2, 0.25) is 5.88 Å². The fraction of sp³-hybridized carbons (Fsp3) is 0.500. The van der Waals surface area contributed by atoms with E-state index in [-0.39, 0.29) is 0 Å². The van der Waals surface area contributed by atoms with Crippen LogP contribution in [0.2, 0.25) is 5.15 Å². The predicted molar refractivity (Wildman–Crippen MR) is 45.3 cm³/mol. The van der Waals surface area contributed by atoms with Gasteiger partial charge in [-0.05, 0) is 24.8 Å². The maximum Gasteiger partial charge on any atom is 0.233 e. The van der Waals surface area contributed by atoms with E-state index in [1.165, 1.54) is 12.8 Å². The molecule has 0 aromatic carbocycles. The Morgan fingerprint density at radius 1 is 1.42 bits per heavy atom. The van der Waals surface area contributed by atoms with Gasteiger partial charge in [-0.25, -0.2) is 0 Å². The highest BCUT2D eigenvalue weighted by Crippen LogP contribution is 2.29. The molecule has 0 radical (unpaired) electrons. The summed E-state index contributed by atoms with van der Waals surface area (Å²) in [4.78, 5) is 0. The molecule has 3 nitrogen and oxygen atoms in total. The zero-order valence-corrected chi connectivity index (χ0v) is 7.29. The van der Waals surface area contributed by atoms with Crippen molar-refractivity contribution in [1.29, 1.82) is 0 Å². The van der Waals surface area contributed by atoms with Gasteiger partial charge in [-0.3, -0.25) is 0 Å². The van der Waals surface area contributed by atoms with Crippen LogP contribution in [0.3, 0.4) is 0 Å². The SMILES string of the molecule is Clc1ccc(OCC2CC2)nn1. The molecule has 0 spiro atoms. The Hall–Kier alpha value is -0.830. The monoisotopic (exact) mass is 184 g/mol. The van der Waals surface area contributed by atoms with Gasteiger partial charge in [-0.1, -0.05) is 11.6 Å². The molecular weight excluding hydrogens is 176 g/mol. The second-order valence-electron chi connectivity index (χ2n) is 2.95. The van der Waals surface area contributed by atoms with Crippen molar-refractivity contribution in [2.75, 3.05) is 6.61 Å². The first-order valence-electron chi connectivity index (χ1n) is 3.96. The molecule has 1 fully saturated rings. The summed E-state index contributed by atoms with van der Waals surface area (Å²) in [5.74, 6) is 1.30. The molecule has 2 rings (SSSR count). The Balaban J connectivity index is 1.89. The van der Waals surface area contributed by atoms with Crippen LogP contribution in [0.1, 0.15) is 12.8 Å². The molecule has 1 aromatic heterocycles. The highest BCUT2D eigenvalue weighted by Gasteiger charge is 2.22. The summed E-state index contributed by atoms with van der Waals surface area (Å²) in [7, 11) is 0. The minimum absolute atomic E-state index is 0.397. The molecule has 0 unspecified atom stereocenters. The van der Waals surface area contributed by atoms with Crippen LogP contribution in [-0.2, 0) is 0 Å². The Labute approximate surface area is 75.7 Å². The van der Waals surface area contributed by atoms with Crippen molar-refractivity contribution >= 4 is 11.6 Å². The topological polar surface area (TPSA) is 35.0 Å². The van der Waals surface area contributed by atoms with Gasteiger partial charge in [-0.2, -0.15) is 0 Å². The van der Waals surface area contributed by atoms with E-state index >= 15 is 0 Å². The second-order valence-corrected chi connectivity index (χ2v) is 3.34. The lowest BCUT2D eigenvalue weighted by atomic mass is 10.5. The van der Waals surface area contributed by atoms with E-state index < -0.39 is 0 Å². The first kappa shape index (κ1) is 7.80. The van der Waals surface area contributed by atoms with Crippen molar-refractivity contribution in [3.05, 3.63) is 17.3 Å². The van der Waals surface area contributed by atoms with Crippen molar-refractivity contribution in [1.82, 2.24) is 10.2 Å². The van der Waals surface area contributed by atoms with Crippen LogP contribution < -0.4 is 4.74 Å². The van der Waals surface area contributed by atoms with Gasteiger partial charge in [0.05, 0.1) is 6.61 Å². The largest absolute Gasteiger partial charge is 0.476 e. The maximum absolute atomic E-state index is 5.56. The molecule has 1 aliphatic carbocycles. The fourth-order valence-electron chi connectivity index (χ4n) is 0.868. The van der Waals surface area contributed by atoms with Crippen molar-refractivity contribution in [3.8, 4) is 5.88 Å². The number of ether oxygens (including phenoxy) is 1. The molecule has 0 amide bonds. The molecular formula is C8H9ClN2O. The molecule has 1 aliphatic rings. The standard InChI is InChI=1S/C8H9ClN2O/c9-7-3-4-8(11-10-7)12-5-6-1-2-6/h3-4,6H,1-2,5H2. The summed E-state index contributed by atoms with van der Waals surface area (Å²) in [6.07, 6.45) is 2.56. The number of aromatic nitrogens is 2. The Kier molecular flexibility index (Phi) is 2.13. The minimum Gasteiger partial charge on any atom is -0.476 e. The Morgan fingerprint density at radius 3 is 2.83 bits per heavy atom. The number of rotatable bonds is 3. The maximum atomic E-state index is 5.56. The smallest absolute Gasteiger partial charge is 0.233 e. The summed E-state index contributed by atoms with van der Waals surface area (Å²) in [6, 6.07) is 3.41. The zero-order valence-electron chi connectivity index (χ0n) is 6.53. The molecule has 4 heteroatoms. The summed E-state index contributed by atoms with van der Waals surface area (Å²) in [5.41, 5.74) is 0. The summed E-state index contributed by atoms with van der Waals surface area (Å²) in [5, 5.41) is 7.84. The van der Waals surface area contributed by atoms with E-state index in [1.54, 1.807) is 12.1 Å². The third-order valence-electron chi connectivity index (χ3n) is 1.77. The molecule has 0 N–H and O–H groups in total. The number of hydrogen-bond acceptors (Lipinski definition) is 3. The predicted octanol–water partition coefficient (Wildman–Crippen LogP) is 1.92. The van der Waals surface area contributed by atoms with Crippen LogP contribution >= 0.6 is 11.6 Å². The van der Waals surface area contributed by atoms with E-state index in [2.05, 4.69) is 10.2 Å². The number of nitrogens with zero attached hydrogens (tertiary/aromatic N) is 2. The molecule has 0 aliphatic heterocycles. The first-order chi connectivity index (χ1) is 5.84. The highest BCUT2D eigenvalue weighted by molar-refractivity contribution is 6.29. The normalized spacial score (nSPS) is 16.1. The van der Waals surface area contributed by atoms with Crippen LogP contribution in [0.4, 0.5) is 0 Å². The Morgan fingerprint density at radius 2 is 2.25 bits per heavy atom. The van der Waals surface area contributed by atoms with Crippen LogP contribution in [-0.4, -0.2) is 16.8 Å². The van der Waals surface area contributed by atoms with E-state index in [1.807, 2.05) is 0 Å². The lowest BCUT2D eigenvalue weighted by Gasteiger charge is -2.01. The molecule has 0 atom stereocenters. The van der Waals surface area contributed by atoms with Gasteiger partial charge in [0.15, 0.2) is 5.15 Å². The van der Waals surface area contributed by atoms with E-state index in [0.29, 0.717) is 11.0 Å². The third-order valence-corrected chi connectivity index (χ3v) is 1.97. The second kappa shape index (κ2) is 3.27. The Bertz CT molecular complexity index is 258. The van der Waals surface area contributed by atoms with E-state index in [0.717, 1.165) is 12.5 Å². The van der Waals surface area contributed by atoms with E-state index in [4.69, 9.17) is 16.3 Å². The molecule has 64 valence electrons. The number of hydrogen-bond donors (Lipinski definition) is 0. The molecule has 1 aromatic rings. The average Bonchev–Trinajstić information content (AvgIpc) is 2.87. The summed E-state index contributed by atoms with van der Waals surface area (Å²) in [6.45, 7) is 0.760. The van der Waals surface area contributed by atoms with Crippen LogP contribution in [0.5, 0.6) is 5.88 Å². The molecule has 1 heterocycles. The molecule has 0 saturated heterocycles. The highest BCUT2D eigenvalue weighted by atomic mass is 35.5. The average molecular weight is 185 g/mol. The fourth-order valence-corrected chi connectivity index (χ4v) is 0.969. The molecule has 1 saturated carbocycles. The van der Waals surface area contributed by atoms with Gasteiger partial charge in [0, 0.05) is 6.07 Å². The van der Waals surface area contributed by atoms with Crippen molar-refractivity contribution in [2.45, 2.75) is 12.8 Å². The van der Waals surface area contributed by atoms with E-state index in [9.17, 15) is 0 Å². The first-order valence-corrected chi connectivity index (χ1v) is 4.34. The molecule has 12 heavy (non-hydrogen) atoms. The summed E-state index contributed by atoms with van der Waals surface area (Å²) < 4.78 is 5.35. The van der Waals surface area contributed by atoms with Gasteiger partial charge >= 0.3 is 0 Å². The van der Waals surface area contributed by atoms with Crippen LogP contribution in [0, 0.1) is 5.92 Å². The van der Waals surface area contributed by atoms with Gasteiger partial charge in [0.1, 0.15) is 0 Å². The number of halogens is 1. The van der Waals surface area contributed by atoms with Crippen LogP contribution in [0.25, 0.3) is 0 Å². The molecule has 0 bridgehead atoms.